The molecule has 1 aromatic heterocycles. The van der Waals surface area contributed by atoms with Crippen LogP contribution in [0.15, 0.2) is 0 Å². The van der Waals surface area contributed by atoms with Gasteiger partial charge in [0.05, 0.1) is 19.3 Å². The largest absolute Gasteiger partial charge is 0.378 e. The minimum atomic E-state index is 0.201. The first-order valence-electron chi connectivity index (χ1n) is 5.23. The van der Waals surface area contributed by atoms with Crippen molar-refractivity contribution in [3.8, 4) is 0 Å². The van der Waals surface area contributed by atoms with E-state index in [4.69, 9.17) is 4.74 Å². The van der Waals surface area contributed by atoms with Gasteiger partial charge in [0.2, 0.25) is 5.95 Å². The fourth-order valence-electron chi connectivity index (χ4n) is 1.50. The van der Waals surface area contributed by atoms with Crippen molar-refractivity contribution in [1.82, 2.24) is 20.5 Å². The van der Waals surface area contributed by atoms with Gasteiger partial charge < -0.3 is 15.0 Å². The van der Waals surface area contributed by atoms with Gasteiger partial charge in [-0.15, -0.1) is 5.10 Å². The number of anilines is 1. The molecule has 2 rings (SSSR count). The Hall–Kier alpha value is -1.14. The van der Waals surface area contributed by atoms with Gasteiger partial charge in [0, 0.05) is 13.1 Å². The zero-order valence-electron chi connectivity index (χ0n) is 9.16. The van der Waals surface area contributed by atoms with Gasteiger partial charge in [0.25, 0.3) is 0 Å². The topological polar surface area (TPSA) is 66.1 Å². The average molecular weight is 211 g/mol. The number of hydrogen-bond donors (Lipinski definition) is 2. The molecule has 0 aromatic carbocycles. The summed E-state index contributed by atoms with van der Waals surface area (Å²) in [6, 6.07) is 0.201. The van der Waals surface area contributed by atoms with Crippen LogP contribution in [0.3, 0.4) is 0 Å². The van der Waals surface area contributed by atoms with Crippen molar-refractivity contribution >= 4 is 5.95 Å². The van der Waals surface area contributed by atoms with E-state index in [0.717, 1.165) is 38.1 Å². The van der Waals surface area contributed by atoms with E-state index in [0.29, 0.717) is 0 Å². The Balaban J connectivity index is 2.05. The van der Waals surface area contributed by atoms with E-state index in [-0.39, 0.29) is 6.04 Å². The normalized spacial score (nSPS) is 19.2. The van der Waals surface area contributed by atoms with Crippen molar-refractivity contribution < 1.29 is 4.74 Å². The van der Waals surface area contributed by atoms with E-state index in [9.17, 15) is 0 Å². The van der Waals surface area contributed by atoms with Crippen molar-refractivity contribution in [3.05, 3.63) is 5.82 Å². The molecule has 84 valence electrons. The third-order valence-corrected chi connectivity index (χ3v) is 2.63. The first-order chi connectivity index (χ1) is 7.31. The SMILES string of the molecule is CN[C@@H](C)c1nc(N2CCOCC2)n[nH]1. The Bertz CT molecular complexity index is 307. The lowest BCUT2D eigenvalue weighted by Gasteiger charge is -2.25. The number of morpholine rings is 1. The Kier molecular flexibility index (Phi) is 3.17. The summed E-state index contributed by atoms with van der Waals surface area (Å²) in [4.78, 5) is 6.58. The van der Waals surface area contributed by atoms with Crippen LogP contribution in [0, 0.1) is 0 Å². The number of aromatic amines is 1. The number of rotatable bonds is 3. The maximum Gasteiger partial charge on any atom is 0.244 e. The Labute approximate surface area is 89.0 Å². The van der Waals surface area contributed by atoms with Gasteiger partial charge in [-0.3, -0.25) is 5.10 Å². The second-order valence-electron chi connectivity index (χ2n) is 3.63. The van der Waals surface area contributed by atoms with Gasteiger partial charge in [0.15, 0.2) is 0 Å². The average Bonchev–Trinajstić information content (AvgIpc) is 2.78. The van der Waals surface area contributed by atoms with Gasteiger partial charge in [-0.25, -0.2) is 0 Å². The summed E-state index contributed by atoms with van der Waals surface area (Å²) < 4.78 is 5.28. The molecule has 0 radical (unpaired) electrons. The monoisotopic (exact) mass is 211 g/mol. The van der Waals surface area contributed by atoms with Crippen LogP contribution in [0.1, 0.15) is 18.8 Å². The molecule has 0 bridgehead atoms. The molecule has 0 saturated carbocycles. The van der Waals surface area contributed by atoms with E-state index >= 15 is 0 Å². The highest BCUT2D eigenvalue weighted by Gasteiger charge is 2.16. The van der Waals surface area contributed by atoms with Crippen LogP contribution in [0.5, 0.6) is 0 Å². The first-order valence-corrected chi connectivity index (χ1v) is 5.23. The van der Waals surface area contributed by atoms with Crippen LogP contribution >= 0.6 is 0 Å². The molecule has 0 unspecified atom stereocenters. The predicted octanol–water partition coefficient (Wildman–Crippen LogP) is -0.0783. The molecule has 1 atom stereocenters. The molecule has 1 saturated heterocycles. The zero-order valence-corrected chi connectivity index (χ0v) is 9.16. The quantitative estimate of drug-likeness (QED) is 0.732. The number of H-pyrrole nitrogens is 1. The van der Waals surface area contributed by atoms with E-state index in [2.05, 4.69) is 25.4 Å². The standard InChI is InChI=1S/C9H17N5O/c1-7(10-2)8-11-9(13-12-8)14-3-5-15-6-4-14/h7,10H,3-6H2,1-2H3,(H,11,12,13)/t7-/m0/s1. The molecule has 1 aliphatic heterocycles. The first kappa shape index (κ1) is 10.4. The Morgan fingerprint density at radius 1 is 1.47 bits per heavy atom. The van der Waals surface area contributed by atoms with E-state index in [1.807, 2.05) is 14.0 Å². The summed E-state index contributed by atoms with van der Waals surface area (Å²) in [7, 11) is 1.90. The molecular weight excluding hydrogens is 194 g/mol. The lowest BCUT2D eigenvalue weighted by molar-refractivity contribution is 0.122. The summed E-state index contributed by atoms with van der Waals surface area (Å²) in [6.45, 7) is 5.29. The highest BCUT2D eigenvalue weighted by atomic mass is 16.5. The molecule has 6 nitrogen and oxygen atoms in total. The second-order valence-corrected chi connectivity index (χ2v) is 3.63. The summed E-state index contributed by atoms with van der Waals surface area (Å²) in [5, 5.41) is 10.3. The smallest absolute Gasteiger partial charge is 0.244 e. The van der Waals surface area contributed by atoms with Crippen molar-refractivity contribution in [1.29, 1.82) is 0 Å². The molecular formula is C9H17N5O. The van der Waals surface area contributed by atoms with E-state index < -0.39 is 0 Å². The van der Waals surface area contributed by atoms with Crippen molar-refractivity contribution in [2.24, 2.45) is 0 Å². The highest BCUT2D eigenvalue weighted by Crippen LogP contribution is 2.12. The van der Waals surface area contributed by atoms with Crippen molar-refractivity contribution in [2.75, 3.05) is 38.3 Å². The van der Waals surface area contributed by atoms with Gasteiger partial charge in [0.1, 0.15) is 5.82 Å². The van der Waals surface area contributed by atoms with E-state index in [1.54, 1.807) is 0 Å². The Morgan fingerprint density at radius 2 is 2.20 bits per heavy atom. The van der Waals surface area contributed by atoms with Crippen molar-refractivity contribution in [2.45, 2.75) is 13.0 Å². The number of ether oxygens (including phenoxy) is 1. The van der Waals surface area contributed by atoms with Gasteiger partial charge in [-0.05, 0) is 14.0 Å². The molecule has 2 heterocycles. The van der Waals surface area contributed by atoms with Crippen LogP contribution in [0.2, 0.25) is 0 Å². The summed E-state index contributed by atoms with van der Waals surface area (Å²) in [5.74, 6) is 1.65. The fraction of sp³-hybridized carbons (Fsp3) is 0.778. The lowest BCUT2D eigenvalue weighted by atomic mass is 10.3. The van der Waals surface area contributed by atoms with Crippen LogP contribution in [-0.2, 0) is 4.74 Å². The molecule has 1 aliphatic rings. The third kappa shape index (κ3) is 2.27. The second kappa shape index (κ2) is 4.59. The fourth-order valence-corrected chi connectivity index (χ4v) is 1.50. The molecule has 1 fully saturated rings. The number of nitrogens with one attached hydrogen (secondary N) is 2. The Morgan fingerprint density at radius 3 is 2.87 bits per heavy atom. The van der Waals surface area contributed by atoms with E-state index in [1.165, 1.54) is 0 Å². The molecule has 0 amide bonds. The van der Waals surface area contributed by atoms with Gasteiger partial charge in [-0.1, -0.05) is 0 Å². The molecule has 6 heteroatoms. The maximum atomic E-state index is 5.28. The molecule has 15 heavy (non-hydrogen) atoms. The molecule has 0 aliphatic carbocycles. The number of nitrogens with zero attached hydrogens (tertiary/aromatic N) is 3. The molecule has 2 N–H and O–H groups in total. The maximum absolute atomic E-state index is 5.28. The minimum Gasteiger partial charge on any atom is -0.378 e. The third-order valence-electron chi connectivity index (χ3n) is 2.63. The van der Waals surface area contributed by atoms with Gasteiger partial charge >= 0.3 is 0 Å². The molecule has 0 spiro atoms. The lowest BCUT2D eigenvalue weighted by Crippen LogP contribution is -2.36. The summed E-state index contributed by atoms with van der Waals surface area (Å²) in [5.41, 5.74) is 0. The predicted molar refractivity (Wildman–Crippen MR) is 56.9 cm³/mol. The molecule has 1 aromatic rings. The highest BCUT2D eigenvalue weighted by molar-refractivity contribution is 5.29. The number of hydrogen-bond acceptors (Lipinski definition) is 5. The minimum absolute atomic E-state index is 0.201. The van der Waals surface area contributed by atoms with Gasteiger partial charge in [-0.2, -0.15) is 4.98 Å². The zero-order chi connectivity index (χ0) is 10.7. The summed E-state index contributed by atoms with van der Waals surface area (Å²) >= 11 is 0. The number of aromatic nitrogens is 3. The van der Waals surface area contributed by atoms with Crippen LogP contribution in [0.4, 0.5) is 5.95 Å². The summed E-state index contributed by atoms with van der Waals surface area (Å²) in [6.07, 6.45) is 0. The van der Waals surface area contributed by atoms with Crippen LogP contribution in [0.25, 0.3) is 0 Å². The van der Waals surface area contributed by atoms with Crippen LogP contribution in [-0.4, -0.2) is 48.5 Å². The van der Waals surface area contributed by atoms with Crippen molar-refractivity contribution in [3.63, 3.8) is 0 Å². The van der Waals surface area contributed by atoms with Crippen LogP contribution < -0.4 is 10.2 Å².